The number of rotatable bonds is 3. The number of halogens is 1. The summed E-state index contributed by atoms with van der Waals surface area (Å²) in [6, 6.07) is 4.92. The lowest BCUT2D eigenvalue weighted by Gasteiger charge is -2.02. The lowest BCUT2D eigenvalue weighted by Crippen LogP contribution is -2.27. The minimum absolute atomic E-state index is 0.107. The summed E-state index contributed by atoms with van der Waals surface area (Å²) in [6.45, 7) is 0.366. The van der Waals surface area contributed by atoms with Crippen LogP contribution in [0.1, 0.15) is 15.2 Å². The van der Waals surface area contributed by atoms with E-state index in [1.165, 1.54) is 29.8 Å². The summed E-state index contributed by atoms with van der Waals surface area (Å²) in [5.74, 6) is -0.392. The van der Waals surface area contributed by atoms with Crippen LogP contribution in [0.25, 0.3) is 0 Å². The maximum atomic E-state index is 11.7. The van der Waals surface area contributed by atoms with E-state index in [0.29, 0.717) is 10.9 Å². The second kappa shape index (κ2) is 5.16. The van der Waals surface area contributed by atoms with Gasteiger partial charge in [0.1, 0.15) is 5.56 Å². The van der Waals surface area contributed by atoms with Gasteiger partial charge in [0.15, 0.2) is 5.43 Å². The van der Waals surface area contributed by atoms with Gasteiger partial charge in [0, 0.05) is 23.3 Å². The fourth-order valence-electron chi connectivity index (χ4n) is 1.30. The van der Waals surface area contributed by atoms with Crippen LogP contribution in [-0.2, 0) is 6.54 Å². The molecule has 17 heavy (non-hydrogen) atoms. The van der Waals surface area contributed by atoms with Gasteiger partial charge in [-0.1, -0.05) is 11.6 Å². The Bertz CT molecular complexity index is 591. The SMILES string of the molecule is O=C(NCc1ccc(Cl)s1)c1c[nH]ccc1=O. The van der Waals surface area contributed by atoms with E-state index >= 15 is 0 Å². The predicted molar refractivity (Wildman–Crippen MR) is 67.6 cm³/mol. The molecule has 0 unspecified atom stereocenters. The number of aromatic nitrogens is 1. The fraction of sp³-hybridized carbons (Fsp3) is 0.0909. The molecule has 0 aliphatic rings. The third-order valence-electron chi connectivity index (χ3n) is 2.12. The van der Waals surface area contributed by atoms with Crippen molar-refractivity contribution in [1.82, 2.24) is 10.3 Å². The average Bonchev–Trinajstić information content (AvgIpc) is 2.73. The van der Waals surface area contributed by atoms with Crippen LogP contribution in [0.5, 0.6) is 0 Å². The largest absolute Gasteiger partial charge is 0.367 e. The highest BCUT2D eigenvalue weighted by Crippen LogP contribution is 2.20. The number of hydrogen-bond acceptors (Lipinski definition) is 3. The van der Waals surface area contributed by atoms with Crippen LogP contribution in [0.2, 0.25) is 4.34 Å². The van der Waals surface area contributed by atoms with Crippen LogP contribution in [0.4, 0.5) is 0 Å². The molecule has 6 heteroatoms. The van der Waals surface area contributed by atoms with Crippen molar-refractivity contribution in [2.24, 2.45) is 0 Å². The van der Waals surface area contributed by atoms with Crippen molar-refractivity contribution in [2.45, 2.75) is 6.54 Å². The van der Waals surface area contributed by atoms with E-state index in [9.17, 15) is 9.59 Å². The predicted octanol–water partition coefficient (Wildman–Crippen LogP) is 2.02. The molecule has 0 bridgehead atoms. The molecule has 4 nitrogen and oxygen atoms in total. The van der Waals surface area contributed by atoms with Crippen molar-refractivity contribution in [3.63, 3.8) is 0 Å². The number of hydrogen-bond donors (Lipinski definition) is 2. The Balaban J connectivity index is 2.03. The highest BCUT2D eigenvalue weighted by molar-refractivity contribution is 7.16. The van der Waals surface area contributed by atoms with E-state index in [2.05, 4.69) is 10.3 Å². The zero-order valence-electron chi connectivity index (χ0n) is 8.70. The fourth-order valence-corrected chi connectivity index (χ4v) is 2.33. The summed E-state index contributed by atoms with van der Waals surface area (Å²) >= 11 is 7.16. The molecule has 0 atom stereocenters. The van der Waals surface area contributed by atoms with Crippen molar-refractivity contribution < 1.29 is 4.79 Å². The van der Waals surface area contributed by atoms with E-state index in [-0.39, 0.29) is 11.0 Å². The summed E-state index contributed by atoms with van der Waals surface area (Å²) in [7, 11) is 0. The number of nitrogens with one attached hydrogen (secondary N) is 2. The zero-order valence-corrected chi connectivity index (χ0v) is 10.3. The third kappa shape index (κ3) is 2.95. The Hall–Kier alpha value is -1.59. The molecule has 0 fully saturated rings. The summed E-state index contributed by atoms with van der Waals surface area (Å²) in [6.07, 6.45) is 2.87. The first-order valence-electron chi connectivity index (χ1n) is 4.86. The molecule has 0 aliphatic heterocycles. The summed E-state index contributed by atoms with van der Waals surface area (Å²) in [5.41, 5.74) is -0.194. The van der Waals surface area contributed by atoms with Crippen LogP contribution >= 0.6 is 22.9 Å². The minimum Gasteiger partial charge on any atom is -0.367 e. The van der Waals surface area contributed by atoms with E-state index < -0.39 is 5.91 Å². The van der Waals surface area contributed by atoms with Gasteiger partial charge in [0.25, 0.3) is 5.91 Å². The van der Waals surface area contributed by atoms with Gasteiger partial charge in [-0.15, -0.1) is 11.3 Å². The summed E-state index contributed by atoms with van der Waals surface area (Å²) in [5, 5.41) is 2.66. The first-order chi connectivity index (χ1) is 8.16. The van der Waals surface area contributed by atoms with Gasteiger partial charge in [-0.25, -0.2) is 0 Å². The Morgan fingerprint density at radius 2 is 2.24 bits per heavy atom. The molecule has 0 spiro atoms. The molecule has 2 N–H and O–H groups in total. The van der Waals surface area contributed by atoms with Gasteiger partial charge < -0.3 is 10.3 Å². The van der Waals surface area contributed by atoms with Crippen molar-refractivity contribution in [1.29, 1.82) is 0 Å². The summed E-state index contributed by atoms with van der Waals surface area (Å²) < 4.78 is 0.673. The average molecular weight is 269 g/mol. The Labute approximate surface area is 106 Å². The topological polar surface area (TPSA) is 62.0 Å². The minimum atomic E-state index is -0.392. The maximum Gasteiger partial charge on any atom is 0.257 e. The summed E-state index contributed by atoms with van der Waals surface area (Å²) in [4.78, 5) is 26.7. The molecule has 0 aliphatic carbocycles. The number of carbonyl (C=O) groups excluding carboxylic acids is 1. The number of thiophene rings is 1. The number of H-pyrrole nitrogens is 1. The van der Waals surface area contributed by atoms with Crippen LogP contribution in [-0.4, -0.2) is 10.9 Å². The zero-order chi connectivity index (χ0) is 12.3. The normalized spacial score (nSPS) is 10.2. The number of aromatic amines is 1. The highest BCUT2D eigenvalue weighted by atomic mass is 35.5. The van der Waals surface area contributed by atoms with Gasteiger partial charge in [-0.3, -0.25) is 9.59 Å². The van der Waals surface area contributed by atoms with Crippen molar-refractivity contribution in [3.8, 4) is 0 Å². The standard InChI is InChI=1S/C11H9ClN2O2S/c12-10-2-1-7(17-10)5-14-11(16)8-6-13-4-3-9(8)15/h1-4,6H,5H2,(H,13,15)(H,14,16). The van der Waals surface area contributed by atoms with Gasteiger partial charge in [0.2, 0.25) is 0 Å². The van der Waals surface area contributed by atoms with Gasteiger partial charge in [0.05, 0.1) is 10.9 Å². The van der Waals surface area contributed by atoms with Gasteiger partial charge in [-0.2, -0.15) is 0 Å². The molecule has 0 saturated carbocycles. The van der Waals surface area contributed by atoms with Crippen molar-refractivity contribution in [3.05, 3.63) is 55.6 Å². The van der Waals surface area contributed by atoms with E-state index in [1.807, 2.05) is 6.07 Å². The van der Waals surface area contributed by atoms with Crippen molar-refractivity contribution >= 4 is 28.8 Å². The number of carbonyl (C=O) groups is 1. The smallest absolute Gasteiger partial charge is 0.257 e. The molecular weight excluding hydrogens is 260 g/mol. The Morgan fingerprint density at radius 3 is 2.88 bits per heavy atom. The van der Waals surface area contributed by atoms with E-state index in [4.69, 9.17) is 11.6 Å². The number of amides is 1. The van der Waals surface area contributed by atoms with Crippen LogP contribution in [0.3, 0.4) is 0 Å². The van der Waals surface area contributed by atoms with E-state index in [0.717, 1.165) is 4.88 Å². The molecule has 2 aromatic heterocycles. The van der Waals surface area contributed by atoms with Crippen LogP contribution in [0, 0.1) is 0 Å². The Morgan fingerprint density at radius 1 is 1.41 bits per heavy atom. The second-order valence-electron chi connectivity index (χ2n) is 3.31. The Kier molecular flexibility index (Phi) is 3.61. The third-order valence-corrected chi connectivity index (χ3v) is 3.35. The van der Waals surface area contributed by atoms with E-state index in [1.54, 1.807) is 6.07 Å². The van der Waals surface area contributed by atoms with Gasteiger partial charge >= 0.3 is 0 Å². The quantitative estimate of drug-likeness (QED) is 0.895. The molecule has 0 saturated heterocycles. The second-order valence-corrected chi connectivity index (χ2v) is 5.11. The van der Waals surface area contributed by atoms with Gasteiger partial charge in [-0.05, 0) is 12.1 Å². The molecule has 2 rings (SSSR count). The van der Waals surface area contributed by atoms with Crippen LogP contribution < -0.4 is 10.7 Å². The molecule has 0 aromatic carbocycles. The lowest BCUT2D eigenvalue weighted by atomic mass is 10.2. The van der Waals surface area contributed by atoms with Crippen LogP contribution in [0.15, 0.2) is 35.4 Å². The highest BCUT2D eigenvalue weighted by Gasteiger charge is 2.09. The van der Waals surface area contributed by atoms with Crippen molar-refractivity contribution in [2.75, 3.05) is 0 Å². The monoisotopic (exact) mass is 268 g/mol. The first kappa shape index (κ1) is 11.9. The maximum absolute atomic E-state index is 11.7. The molecule has 2 heterocycles. The molecule has 2 aromatic rings. The first-order valence-corrected chi connectivity index (χ1v) is 6.06. The molecule has 0 radical (unpaired) electrons. The molecule has 88 valence electrons. The molecule has 1 amide bonds. The molecular formula is C11H9ClN2O2S. The lowest BCUT2D eigenvalue weighted by molar-refractivity contribution is 0.0950. The number of pyridine rings is 1.